The topological polar surface area (TPSA) is 55.4 Å². The molecule has 3 aliphatic rings. The van der Waals surface area contributed by atoms with Gasteiger partial charge in [0.05, 0.1) is 4.47 Å². The van der Waals surface area contributed by atoms with E-state index in [2.05, 4.69) is 21.2 Å². The van der Waals surface area contributed by atoms with Gasteiger partial charge in [-0.05, 0) is 64.9 Å². The fourth-order valence-corrected chi connectivity index (χ4v) is 5.38. The summed E-state index contributed by atoms with van der Waals surface area (Å²) >= 11 is 3.65. The van der Waals surface area contributed by atoms with Crippen molar-refractivity contribution < 1.29 is 14.3 Å². The summed E-state index contributed by atoms with van der Waals surface area (Å²) in [5.74, 6) is 0.773. The second-order valence-corrected chi connectivity index (χ2v) is 9.21. The van der Waals surface area contributed by atoms with Crippen LogP contribution in [0.3, 0.4) is 0 Å². The van der Waals surface area contributed by atoms with Crippen molar-refractivity contribution in [3.05, 3.63) is 86.7 Å². The Morgan fingerprint density at radius 2 is 1.52 bits per heavy atom. The Hall–Kier alpha value is -2.66. The van der Waals surface area contributed by atoms with Crippen molar-refractivity contribution in [1.82, 2.24) is 5.32 Å². The monoisotopic (exact) mass is 477 g/mol. The summed E-state index contributed by atoms with van der Waals surface area (Å²) in [6.07, 6.45) is 4.55. The number of halogens is 1. The number of carbonyl (C=O) groups excluding carboxylic acids is 2. The number of hydrogen-bond acceptors (Lipinski definition) is 4. The van der Waals surface area contributed by atoms with E-state index in [0.29, 0.717) is 19.4 Å². The number of dihydropyridines is 1. The first-order valence-corrected chi connectivity index (χ1v) is 11.7. The lowest BCUT2D eigenvalue weighted by Gasteiger charge is -2.37. The molecule has 2 aliphatic carbocycles. The molecule has 1 N–H and O–H groups in total. The van der Waals surface area contributed by atoms with Gasteiger partial charge < -0.3 is 10.1 Å². The van der Waals surface area contributed by atoms with Gasteiger partial charge in [-0.15, -0.1) is 0 Å². The number of Topliss-reactive ketones (excluding diaryl/α,β-unsaturated/α-hetero) is 2. The van der Waals surface area contributed by atoms with Gasteiger partial charge in [0, 0.05) is 41.3 Å². The molecule has 0 bridgehead atoms. The summed E-state index contributed by atoms with van der Waals surface area (Å²) in [7, 11) is 0. The molecule has 0 fully saturated rings. The molecule has 0 amide bonds. The molecule has 5 heteroatoms. The first-order chi connectivity index (χ1) is 15.1. The van der Waals surface area contributed by atoms with Gasteiger partial charge in [-0.1, -0.05) is 36.4 Å². The van der Waals surface area contributed by atoms with Crippen molar-refractivity contribution in [3.63, 3.8) is 0 Å². The molecule has 0 unspecified atom stereocenters. The van der Waals surface area contributed by atoms with E-state index in [9.17, 15) is 9.59 Å². The van der Waals surface area contributed by atoms with Gasteiger partial charge in [0.25, 0.3) is 0 Å². The highest BCUT2D eigenvalue weighted by Crippen LogP contribution is 2.46. The van der Waals surface area contributed by atoms with E-state index in [1.807, 2.05) is 48.5 Å². The zero-order chi connectivity index (χ0) is 21.4. The zero-order valence-electron chi connectivity index (χ0n) is 17.2. The molecule has 4 nitrogen and oxygen atoms in total. The number of benzene rings is 2. The van der Waals surface area contributed by atoms with Gasteiger partial charge in [-0.2, -0.15) is 0 Å². The molecule has 0 radical (unpaired) electrons. The summed E-state index contributed by atoms with van der Waals surface area (Å²) in [5.41, 5.74) is 5.65. The first-order valence-electron chi connectivity index (χ1n) is 10.9. The smallest absolute Gasteiger partial charge is 0.161 e. The van der Waals surface area contributed by atoms with Gasteiger partial charge >= 0.3 is 0 Å². The average molecular weight is 478 g/mol. The van der Waals surface area contributed by atoms with Crippen LogP contribution in [-0.4, -0.2) is 11.6 Å². The van der Waals surface area contributed by atoms with Gasteiger partial charge in [-0.25, -0.2) is 0 Å². The Morgan fingerprint density at radius 1 is 0.871 bits per heavy atom. The van der Waals surface area contributed by atoms with Crippen LogP contribution in [0.1, 0.15) is 55.6 Å². The third-order valence-corrected chi connectivity index (χ3v) is 6.94. The summed E-state index contributed by atoms with van der Waals surface area (Å²) < 4.78 is 6.83. The van der Waals surface area contributed by atoms with E-state index in [0.717, 1.165) is 69.6 Å². The van der Waals surface area contributed by atoms with Crippen molar-refractivity contribution in [2.75, 3.05) is 0 Å². The standard InChI is InChI=1S/C26H24BrNO3/c27-18-14-17(12-13-23(18)31-15-16-6-2-1-3-7-16)24-25-19(8-4-10-21(25)29)28-20-9-5-11-22(30)26(20)24/h1-3,6-7,12-14,24,28H,4-5,8-11,15H2. The van der Waals surface area contributed by atoms with Crippen LogP contribution in [0.4, 0.5) is 0 Å². The molecular weight excluding hydrogens is 454 g/mol. The molecule has 0 aromatic heterocycles. The SMILES string of the molecule is O=C1CCCC2=C1C(c1ccc(OCc3ccccc3)c(Br)c1)C1=C(CCCC1=O)N2. The second kappa shape index (κ2) is 8.46. The lowest BCUT2D eigenvalue weighted by Crippen LogP contribution is -2.36. The normalized spacial score (nSPS) is 19.1. The molecule has 158 valence electrons. The van der Waals surface area contributed by atoms with E-state index in [1.54, 1.807) is 0 Å². The largest absolute Gasteiger partial charge is 0.488 e. The quantitative estimate of drug-likeness (QED) is 0.610. The maximum absolute atomic E-state index is 12.9. The molecule has 5 rings (SSSR count). The highest BCUT2D eigenvalue weighted by molar-refractivity contribution is 9.10. The molecule has 31 heavy (non-hydrogen) atoms. The number of carbonyl (C=O) groups is 2. The van der Waals surface area contributed by atoms with Crippen molar-refractivity contribution in [2.24, 2.45) is 0 Å². The molecule has 0 saturated heterocycles. The van der Waals surface area contributed by atoms with E-state index in [1.165, 1.54) is 0 Å². The lowest BCUT2D eigenvalue weighted by molar-refractivity contribution is -0.116. The number of ketones is 2. The van der Waals surface area contributed by atoms with Crippen LogP contribution < -0.4 is 10.1 Å². The Bertz CT molecular complexity index is 1070. The maximum atomic E-state index is 12.9. The van der Waals surface area contributed by atoms with Gasteiger partial charge in [-0.3, -0.25) is 9.59 Å². The molecule has 0 atom stereocenters. The Morgan fingerprint density at radius 3 is 2.13 bits per heavy atom. The molecule has 1 heterocycles. The van der Waals surface area contributed by atoms with Gasteiger partial charge in [0.2, 0.25) is 0 Å². The third kappa shape index (κ3) is 3.87. The number of hydrogen-bond donors (Lipinski definition) is 1. The lowest BCUT2D eigenvalue weighted by atomic mass is 9.71. The Kier molecular flexibility index (Phi) is 5.53. The highest BCUT2D eigenvalue weighted by Gasteiger charge is 2.40. The van der Waals surface area contributed by atoms with Gasteiger partial charge in [0.15, 0.2) is 11.6 Å². The van der Waals surface area contributed by atoms with E-state index in [4.69, 9.17) is 4.74 Å². The first kappa shape index (κ1) is 20.3. The number of nitrogens with one attached hydrogen (secondary N) is 1. The third-order valence-electron chi connectivity index (χ3n) is 6.32. The van der Waals surface area contributed by atoms with Gasteiger partial charge in [0.1, 0.15) is 12.4 Å². The minimum atomic E-state index is -0.286. The highest BCUT2D eigenvalue weighted by atomic mass is 79.9. The predicted molar refractivity (Wildman–Crippen MR) is 123 cm³/mol. The molecular formula is C26H24BrNO3. The van der Waals surface area contributed by atoms with Crippen molar-refractivity contribution in [1.29, 1.82) is 0 Å². The van der Waals surface area contributed by atoms with Crippen LogP contribution in [0.5, 0.6) is 5.75 Å². The van der Waals surface area contributed by atoms with Crippen molar-refractivity contribution >= 4 is 27.5 Å². The molecule has 2 aromatic carbocycles. The average Bonchev–Trinajstić information content (AvgIpc) is 2.78. The Balaban J connectivity index is 1.50. The summed E-state index contributed by atoms with van der Waals surface area (Å²) in [5, 5.41) is 3.46. The minimum absolute atomic E-state index is 0.157. The zero-order valence-corrected chi connectivity index (χ0v) is 18.8. The molecule has 2 aromatic rings. The summed E-state index contributed by atoms with van der Waals surface area (Å²) in [6.45, 7) is 0.480. The summed E-state index contributed by atoms with van der Waals surface area (Å²) in [6, 6.07) is 16.0. The number of allylic oxidation sites excluding steroid dienone is 4. The van der Waals surface area contributed by atoms with E-state index < -0.39 is 0 Å². The van der Waals surface area contributed by atoms with Crippen molar-refractivity contribution in [2.45, 2.75) is 51.0 Å². The van der Waals surface area contributed by atoms with E-state index in [-0.39, 0.29) is 17.5 Å². The fourth-order valence-electron chi connectivity index (χ4n) is 4.87. The maximum Gasteiger partial charge on any atom is 0.161 e. The van der Waals surface area contributed by atoms with Crippen molar-refractivity contribution in [3.8, 4) is 5.75 Å². The predicted octanol–water partition coefficient (Wildman–Crippen LogP) is 5.73. The van der Waals surface area contributed by atoms with Crippen LogP contribution in [0.25, 0.3) is 0 Å². The fraction of sp³-hybridized carbons (Fsp3) is 0.308. The number of ether oxygens (including phenoxy) is 1. The summed E-state index contributed by atoms with van der Waals surface area (Å²) in [4.78, 5) is 25.9. The van der Waals surface area contributed by atoms with Crippen LogP contribution in [-0.2, 0) is 16.2 Å². The minimum Gasteiger partial charge on any atom is -0.488 e. The molecule has 1 aliphatic heterocycles. The second-order valence-electron chi connectivity index (χ2n) is 8.36. The Labute approximate surface area is 190 Å². The van der Waals surface area contributed by atoms with Crippen LogP contribution in [0.2, 0.25) is 0 Å². The van der Waals surface area contributed by atoms with Crippen LogP contribution >= 0.6 is 15.9 Å². The van der Waals surface area contributed by atoms with E-state index >= 15 is 0 Å². The van der Waals surface area contributed by atoms with Crippen LogP contribution in [0.15, 0.2) is 75.5 Å². The molecule has 0 spiro atoms. The molecule has 0 saturated carbocycles. The van der Waals surface area contributed by atoms with Crippen LogP contribution in [0, 0.1) is 0 Å². The number of rotatable bonds is 4.